The Bertz CT molecular complexity index is 2530. The number of hydrogen-bond donors (Lipinski definition) is 5. The first kappa shape index (κ1) is 64.4. The lowest BCUT2D eigenvalue weighted by Gasteiger charge is -2.38. The predicted octanol–water partition coefficient (Wildman–Crippen LogP) is 10.1. The van der Waals surface area contributed by atoms with E-state index in [0.29, 0.717) is 70.8 Å². The van der Waals surface area contributed by atoms with Gasteiger partial charge in [0.2, 0.25) is 11.5 Å². The highest BCUT2D eigenvalue weighted by molar-refractivity contribution is 6.30. The van der Waals surface area contributed by atoms with E-state index in [1.165, 1.54) is 32.5 Å². The molecule has 4 heterocycles. The zero-order chi connectivity index (χ0) is 55.2. The number of benzene rings is 4. The molecule has 4 saturated heterocycles. The molecule has 8 rings (SSSR count). The molecule has 4 aliphatic heterocycles. The second kappa shape index (κ2) is 30.4. The van der Waals surface area contributed by atoms with Gasteiger partial charge in [-0.25, -0.2) is 14.4 Å². The largest absolute Gasteiger partial charge is 0.493 e. The van der Waals surface area contributed by atoms with Crippen molar-refractivity contribution < 1.29 is 47.5 Å². The molecule has 4 atom stereocenters. The molecule has 0 unspecified atom stereocenters. The van der Waals surface area contributed by atoms with Crippen molar-refractivity contribution >= 4 is 77.5 Å². The number of hydrogen-bond acceptors (Lipinski definition) is 13. The van der Waals surface area contributed by atoms with Gasteiger partial charge in [-0.15, -0.1) is 24.8 Å². The second-order valence-corrected chi connectivity index (χ2v) is 21.9. The summed E-state index contributed by atoms with van der Waals surface area (Å²) in [5, 5.41) is 17.0. The molecule has 0 bridgehead atoms. The van der Waals surface area contributed by atoms with Crippen LogP contribution in [-0.2, 0) is 17.6 Å². The van der Waals surface area contributed by atoms with Gasteiger partial charge in [-0.1, -0.05) is 47.5 Å². The van der Waals surface area contributed by atoms with Crippen molar-refractivity contribution in [3.8, 4) is 34.5 Å². The van der Waals surface area contributed by atoms with E-state index in [1.54, 1.807) is 50.5 Å². The zero-order valence-electron chi connectivity index (χ0n) is 46.8. The lowest BCUT2D eigenvalue weighted by molar-refractivity contribution is 0.0273. The number of urea groups is 2. The molecule has 4 aromatic rings. The van der Waals surface area contributed by atoms with Crippen LogP contribution in [0.1, 0.15) is 57.6 Å². The number of carbonyl (C=O) groups excluding carboxylic acids is 3. The molecule has 5 N–H and O–H groups in total. The minimum Gasteiger partial charge on any atom is -0.493 e. The standard InChI is InChI=1S/C31H43ClN4O6.C26H35ClN4O4.2ClH/c1-31(2,3)42-30(38)36-18-24(34-29(37)33-23-16-26(39-4)28(41-6)27(17-23)40-5)25(19-36)35-13-11-21(12-14-35)15-20-7-9-22(32)10-8-20;1-33-23-13-20(14-24(34-2)25(23)35-3)29-26(32)30-21-15-28-16-22(21)31-10-8-18(9-11-31)12-17-4-6-19(27)7-5-17;;/h7-10,16-17,21,24-25H,11-15,18-19H2,1-6H3,(H2,33,34,37);4-7,13-14,18,21-22,28H,8-12,15-16H2,1-3H3,(H2,29,30,32);2*1H/t24-,25-;21-,22-;;/m11../s1. The lowest BCUT2D eigenvalue weighted by Crippen LogP contribution is -2.54. The van der Waals surface area contributed by atoms with Crippen LogP contribution in [0.2, 0.25) is 10.0 Å². The number of likely N-dealkylation sites (tertiary alicyclic amines) is 3. The molecule has 0 saturated carbocycles. The van der Waals surface area contributed by atoms with E-state index in [4.69, 9.17) is 56.4 Å². The van der Waals surface area contributed by atoms with E-state index in [0.717, 1.165) is 87.8 Å². The summed E-state index contributed by atoms with van der Waals surface area (Å²) in [6, 6.07) is 22.4. The second-order valence-electron chi connectivity index (χ2n) is 21.0. The minimum atomic E-state index is -0.609. The van der Waals surface area contributed by atoms with Gasteiger partial charge in [-0.2, -0.15) is 0 Å². The zero-order valence-corrected chi connectivity index (χ0v) is 49.9. The van der Waals surface area contributed by atoms with Crippen LogP contribution in [0.3, 0.4) is 0 Å². The van der Waals surface area contributed by atoms with Gasteiger partial charge in [0.15, 0.2) is 23.0 Å². The van der Waals surface area contributed by atoms with Crippen molar-refractivity contribution in [3.63, 3.8) is 0 Å². The number of carbonyl (C=O) groups is 3. The normalized spacial score (nSPS) is 19.8. The van der Waals surface area contributed by atoms with Crippen molar-refractivity contribution in [2.45, 2.75) is 89.1 Å². The maximum Gasteiger partial charge on any atom is 0.410 e. The van der Waals surface area contributed by atoms with Crippen LogP contribution in [0.15, 0.2) is 72.8 Å². The van der Waals surface area contributed by atoms with E-state index in [-0.39, 0.29) is 67.1 Å². The van der Waals surface area contributed by atoms with Crippen molar-refractivity contribution in [1.82, 2.24) is 30.7 Å². The first-order valence-corrected chi connectivity index (χ1v) is 27.2. The third-order valence-electron chi connectivity index (χ3n) is 14.7. The maximum absolute atomic E-state index is 13.2. The molecule has 5 amide bonds. The summed E-state index contributed by atoms with van der Waals surface area (Å²) in [5.41, 5.74) is 3.09. The molecule has 4 fully saturated rings. The number of ether oxygens (including phenoxy) is 7. The van der Waals surface area contributed by atoms with Gasteiger partial charge in [0.1, 0.15) is 5.60 Å². The average Bonchev–Trinajstić information content (AvgIpc) is 4.07. The van der Waals surface area contributed by atoms with Gasteiger partial charge < -0.3 is 64.6 Å². The van der Waals surface area contributed by atoms with E-state index in [2.05, 4.69) is 60.6 Å². The topological polar surface area (TPSA) is 186 Å². The molecule has 4 aromatic carbocycles. The Morgan fingerprint density at radius 1 is 0.557 bits per heavy atom. The number of nitrogens with zero attached hydrogens (tertiary/aromatic N) is 3. The summed E-state index contributed by atoms with van der Waals surface area (Å²) in [7, 11) is 9.22. The van der Waals surface area contributed by atoms with E-state index in [9.17, 15) is 14.4 Å². The van der Waals surface area contributed by atoms with Crippen molar-refractivity contribution in [1.29, 1.82) is 0 Å². The number of methoxy groups -OCH3 is 6. The third-order valence-corrected chi connectivity index (χ3v) is 15.2. The van der Waals surface area contributed by atoms with Crippen molar-refractivity contribution in [2.75, 3.05) is 106 Å². The van der Waals surface area contributed by atoms with E-state index in [1.807, 2.05) is 45.0 Å². The van der Waals surface area contributed by atoms with Crippen LogP contribution in [0.25, 0.3) is 0 Å². The predicted molar refractivity (Wildman–Crippen MR) is 316 cm³/mol. The van der Waals surface area contributed by atoms with Crippen LogP contribution in [0.5, 0.6) is 34.5 Å². The summed E-state index contributed by atoms with van der Waals surface area (Å²) in [6.07, 6.45) is 6.11. The van der Waals surface area contributed by atoms with Crippen molar-refractivity contribution in [3.05, 3.63) is 94.0 Å². The minimum absolute atomic E-state index is 0. The molecule has 436 valence electrons. The first-order valence-electron chi connectivity index (χ1n) is 26.4. The Morgan fingerprint density at radius 2 is 0.949 bits per heavy atom. The van der Waals surface area contributed by atoms with Crippen LogP contribution in [0, 0.1) is 11.8 Å². The number of anilines is 2. The number of halogens is 4. The van der Waals surface area contributed by atoms with Gasteiger partial charge in [0.25, 0.3) is 0 Å². The smallest absolute Gasteiger partial charge is 0.410 e. The number of piperidine rings is 2. The lowest BCUT2D eigenvalue weighted by atomic mass is 9.89. The van der Waals surface area contributed by atoms with E-state index >= 15 is 0 Å². The Kier molecular flexibility index (Phi) is 24.7. The monoisotopic (exact) mass is 1180 g/mol. The SMILES string of the molecule is COc1cc(NC(=O)N[C@@H]2CN(C(=O)OC(C)(C)C)C[C@H]2N2CCC(Cc3ccc(Cl)cc3)CC2)cc(OC)c1OC.COc1cc(NC(=O)N[C@@H]2CNC[C@H]2N2CCC(Cc3ccc(Cl)cc3)CC2)cc(OC)c1OC.Cl.Cl. The fourth-order valence-electron chi connectivity index (χ4n) is 10.8. The van der Waals surface area contributed by atoms with Crippen LogP contribution in [-0.4, -0.2) is 158 Å². The number of amides is 5. The Hall–Kier alpha value is -5.47. The molecule has 22 heteroatoms. The van der Waals surface area contributed by atoms with Gasteiger partial charge >= 0.3 is 18.2 Å². The molecule has 79 heavy (non-hydrogen) atoms. The van der Waals surface area contributed by atoms with Gasteiger partial charge in [0, 0.05) is 72.6 Å². The summed E-state index contributed by atoms with van der Waals surface area (Å²) < 4.78 is 38.0. The van der Waals surface area contributed by atoms with Crippen LogP contribution >= 0.6 is 48.0 Å². The Morgan fingerprint density at radius 3 is 1.33 bits per heavy atom. The first-order chi connectivity index (χ1) is 37.0. The van der Waals surface area contributed by atoms with Crippen molar-refractivity contribution in [2.24, 2.45) is 11.8 Å². The molecule has 0 spiro atoms. The summed E-state index contributed by atoms with van der Waals surface area (Å²) in [6.45, 7) is 11.9. The fourth-order valence-corrected chi connectivity index (χ4v) is 11.1. The summed E-state index contributed by atoms with van der Waals surface area (Å²) >= 11 is 12.1. The Balaban J connectivity index is 0.000000288. The molecule has 18 nitrogen and oxygen atoms in total. The molecule has 4 aliphatic rings. The number of rotatable bonds is 16. The quantitative estimate of drug-likeness (QED) is 0.0715. The highest BCUT2D eigenvalue weighted by Crippen LogP contribution is 2.41. The molecule has 0 radical (unpaired) electrons. The summed E-state index contributed by atoms with van der Waals surface area (Å²) in [5.74, 6) is 4.02. The van der Waals surface area contributed by atoms with Crippen LogP contribution in [0.4, 0.5) is 25.8 Å². The maximum atomic E-state index is 13.2. The molecule has 0 aliphatic carbocycles. The fraction of sp³-hybridized carbons (Fsp3) is 0.526. The number of nitrogens with one attached hydrogen (secondary N) is 5. The molecular weight excluding hydrogens is 1100 g/mol. The molecule has 0 aromatic heterocycles. The third kappa shape index (κ3) is 18.0. The van der Waals surface area contributed by atoms with Gasteiger partial charge in [-0.3, -0.25) is 9.80 Å². The van der Waals surface area contributed by atoms with Gasteiger partial charge in [0.05, 0.1) is 66.1 Å². The summed E-state index contributed by atoms with van der Waals surface area (Å²) in [4.78, 5) is 45.7. The van der Waals surface area contributed by atoms with Gasteiger partial charge in [-0.05, 0) is 133 Å². The highest BCUT2D eigenvalue weighted by atomic mass is 35.5. The van der Waals surface area contributed by atoms with E-state index < -0.39 is 5.60 Å². The highest BCUT2D eigenvalue weighted by Gasteiger charge is 2.42. The Labute approximate surface area is 488 Å². The molecular formula is C57H80Cl4N8O10. The average molecular weight is 1180 g/mol. The van der Waals surface area contributed by atoms with Crippen LogP contribution < -0.4 is 55.0 Å².